The third-order valence-corrected chi connectivity index (χ3v) is 3.28. The van der Waals surface area contributed by atoms with Crippen LogP contribution in [0.25, 0.3) is 0 Å². The van der Waals surface area contributed by atoms with Gasteiger partial charge in [0.25, 0.3) is 0 Å². The summed E-state index contributed by atoms with van der Waals surface area (Å²) in [4.78, 5) is 5.30. The van der Waals surface area contributed by atoms with Crippen LogP contribution in [0.5, 0.6) is 0 Å². The third kappa shape index (κ3) is 3.84. The van der Waals surface area contributed by atoms with E-state index in [4.69, 9.17) is 4.52 Å². The summed E-state index contributed by atoms with van der Waals surface area (Å²) in [7, 11) is 0. The minimum atomic E-state index is -0.224. The van der Waals surface area contributed by atoms with Crippen molar-refractivity contribution in [3.63, 3.8) is 0 Å². The average Bonchev–Trinajstić information content (AvgIpc) is 2.75. The molecule has 5 heteroatoms. The number of hydrogen-bond donors (Lipinski definition) is 0. The Kier molecular flexibility index (Phi) is 4.36. The van der Waals surface area contributed by atoms with E-state index in [1.165, 1.54) is 12.1 Å². The lowest BCUT2D eigenvalue weighted by Crippen LogP contribution is -1.94. The van der Waals surface area contributed by atoms with Gasteiger partial charge in [-0.2, -0.15) is 4.98 Å². The maximum Gasteiger partial charge on any atom is 0.226 e. The number of halogens is 1. The largest absolute Gasteiger partial charge is 0.339 e. The zero-order chi connectivity index (χ0) is 13.0. The van der Waals surface area contributed by atoms with Crippen molar-refractivity contribution >= 4 is 11.8 Å². The monoisotopic (exact) mass is 266 g/mol. The lowest BCUT2D eigenvalue weighted by molar-refractivity contribution is 0.360. The molecule has 0 bridgehead atoms. The zero-order valence-corrected chi connectivity index (χ0v) is 11.2. The van der Waals surface area contributed by atoms with E-state index >= 15 is 0 Å². The Morgan fingerprint density at radius 2 is 2.00 bits per heavy atom. The van der Waals surface area contributed by atoms with Crippen LogP contribution in [0, 0.1) is 11.7 Å². The minimum Gasteiger partial charge on any atom is -0.339 e. The lowest BCUT2D eigenvalue weighted by atomic mass is 10.1. The number of nitrogens with zero attached hydrogens (tertiary/aromatic N) is 2. The summed E-state index contributed by atoms with van der Waals surface area (Å²) < 4.78 is 17.9. The predicted octanol–water partition coefficient (Wildman–Crippen LogP) is 3.70. The van der Waals surface area contributed by atoms with Gasteiger partial charge in [-0.05, 0) is 30.2 Å². The highest BCUT2D eigenvalue weighted by Gasteiger charge is 2.08. The van der Waals surface area contributed by atoms with Crippen LogP contribution in [-0.2, 0) is 12.2 Å². The zero-order valence-electron chi connectivity index (χ0n) is 10.4. The molecular weight excluding hydrogens is 251 g/mol. The van der Waals surface area contributed by atoms with E-state index in [1.807, 2.05) is 0 Å². The average molecular weight is 266 g/mol. The summed E-state index contributed by atoms with van der Waals surface area (Å²) in [5, 5.41) is 3.92. The van der Waals surface area contributed by atoms with Gasteiger partial charge in [0.2, 0.25) is 5.89 Å². The molecule has 18 heavy (non-hydrogen) atoms. The van der Waals surface area contributed by atoms with Gasteiger partial charge in [-0.3, -0.25) is 0 Å². The maximum absolute atomic E-state index is 12.7. The van der Waals surface area contributed by atoms with Crippen molar-refractivity contribution in [1.29, 1.82) is 0 Å². The summed E-state index contributed by atoms with van der Waals surface area (Å²) in [6.45, 7) is 4.22. The van der Waals surface area contributed by atoms with Crippen LogP contribution in [0.1, 0.15) is 25.6 Å². The summed E-state index contributed by atoms with van der Waals surface area (Å²) >= 11 is 1.56. The predicted molar refractivity (Wildman–Crippen MR) is 68.8 cm³/mol. The highest BCUT2D eigenvalue weighted by Crippen LogP contribution is 2.21. The molecule has 1 aromatic heterocycles. The van der Waals surface area contributed by atoms with E-state index in [-0.39, 0.29) is 5.82 Å². The molecule has 0 aliphatic carbocycles. The number of thioether (sulfide) groups is 1. The Balaban J connectivity index is 1.90. The van der Waals surface area contributed by atoms with Gasteiger partial charge in [-0.25, -0.2) is 4.39 Å². The normalized spacial score (nSPS) is 11.1. The Morgan fingerprint density at radius 1 is 1.28 bits per heavy atom. The Hall–Kier alpha value is -1.36. The first kappa shape index (κ1) is 13.1. The molecular formula is C13H15FN2OS. The Morgan fingerprint density at radius 3 is 2.67 bits per heavy atom. The molecule has 0 amide bonds. The molecule has 0 fully saturated rings. The van der Waals surface area contributed by atoms with Crippen LogP contribution in [0.3, 0.4) is 0 Å². The Bertz CT molecular complexity index is 496. The molecule has 0 aliphatic heterocycles. The highest BCUT2D eigenvalue weighted by atomic mass is 32.2. The van der Waals surface area contributed by atoms with Crippen molar-refractivity contribution in [2.45, 2.75) is 30.9 Å². The van der Waals surface area contributed by atoms with Gasteiger partial charge in [0.05, 0.1) is 5.75 Å². The van der Waals surface area contributed by atoms with Gasteiger partial charge in [-0.1, -0.05) is 19.0 Å². The number of hydrogen-bond acceptors (Lipinski definition) is 4. The van der Waals surface area contributed by atoms with Crippen molar-refractivity contribution < 1.29 is 8.91 Å². The van der Waals surface area contributed by atoms with Gasteiger partial charge in [0.15, 0.2) is 5.82 Å². The van der Waals surface area contributed by atoms with E-state index in [9.17, 15) is 4.39 Å². The van der Waals surface area contributed by atoms with Crippen LogP contribution in [0.2, 0.25) is 0 Å². The fourth-order valence-electron chi connectivity index (χ4n) is 1.46. The van der Waals surface area contributed by atoms with Crippen LogP contribution in [0.15, 0.2) is 33.7 Å². The van der Waals surface area contributed by atoms with E-state index in [1.54, 1.807) is 23.9 Å². The van der Waals surface area contributed by atoms with E-state index in [0.717, 1.165) is 11.3 Å². The quantitative estimate of drug-likeness (QED) is 0.773. The molecule has 0 saturated heterocycles. The summed E-state index contributed by atoms with van der Waals surface area (Å²) in [5.41, 5.74) is 0. The molecule has 0 unspecified atom stereocenters. The summed E-state index contributed by atoms with van der Waals surface area (Å²) in [5.74, 6) is 2.27. The van der Waals surface area contributed by atoms with Crippen LogP contribution in [-0.4, -0.2) is 10.1 Å². The summed E-state index contributed by atoms with van der Waals surface area (Å²) in [6, 6.07) is 6.38. The van der Waals surface area contributed by atoms with Crippen molar-refractivity contribution in [1.82, 2.24) is 10.1 Å². The Labute approximate surface area is 110 Å². The first-order valence-corrected chi connectivity index (χ1v) is 6.82. The second-order valence-corrected chi connectivity index (χ2v) is 5.49. The first-order valence-electron chi connectivity index (χ1n) is 5.83. The van der Waals surface area contributed by atoms with Crippen LogP contribution >= 0.6 is 11.8 Å². The van der Waals surface area contributed by atoms with Crippen molar-refractivity contribution in [3.05, 3.63) is 41.8 Å². The molecule has 0 aliphatic rings. The van der Waals surface area contributed by atoms with Crippen molar-refractivity contribution in [3.8, 4) is 0 Å². The molecule has 1 aromatic carbocycles. The van der Waals surface area contributed by atoms with Gasteiger partial charge in [0.1, 0.15) is 5.82 Å². The minimum absolute atomic E-state index is 0.224. The SMILES string of the molecule is CC(C)Cc1nc(CSc2ccc(F)cc2)no1. The number of rotatable bonds is 5. The molecule has 2 aromatic rings. The topological polar surface area (TPSA) is 38.9 Å². The van der Waals surface area contributed by atoms with Crippen LogP contribution in [0.4, 0.5) is 4.39 Å². The first-order chi connectivity index (χ1) is 8.63. The fraction of sp³-hybridized carbons (Fsp3) is 0.385. The summed E-state index contributed by atoms with van der Waals surface area (Å²) in [6.07, 6.45) is 0.800. The smallest absolute Gasteiger partial charge is 0.226 e. The fourth-order valence-corrected chi connectivity index (χ4v) is 2.20. The molecule has 0 radical (unpaired) electrons. The van der Waals surface area contributed by atoms with Gasteiger partial charge in [-0.15, -0.1) is 11.8 Å². The molecule has 96 valence electrons. The second kappa shape index (κ2) is 6.00. The maximum atomic E-state index is 12.7. The molecule has 2 rings (SSSR count). The highest BCUT2D eigenvalue weighted by molar-refractivity contribution is 7.98. The molecule has 0 N–H and O–H groups in total. The molecule has 3 nitrogen and oxygen atoms in total. The van der Waals surface area contributed by atoms with Crippen LogP contribution < -0.4 is 0 Å². The molecule has 0 saturated carbocycles. The molecule has 0 atom stereocenters. The van der Waals surface area contributed by atoms with Gasteiger partial charge >= 0.3 is 0 Å². The van der Waals surface area contributed by atoms with Gasteiger partial charge in [0, 0.05) is 11.3 Å². The number of benzene rings is 1. The lowest BCUT2D eigenvalue weighted by Gasteiger charge is -1.97. The standard InChI is InChI=1S/C13H15FN2OS/c1-9(2)7-13-15-12(16-17-13)8-18-11-5-3-10(14)4-6-11/h3-6,9H,7-8H2,1-2H3. The van der Waals surface area contributed by atoms with E-state index in [0.29, 0.717) is 23.4 Å². The van der Waals surface area contributed by atoms with Crippen molar-refractivity contribution in [2.24, 2.45) is 5.92 Å². The molecule has 0 spiro atoms. The van der Waals surface area contributed by atoms with Crippen molar-refractivity contribution in [2.75, 3.05) is 0 Å². The van der Waals surface area contributed by atoms with Gasteiger partial charge < -0.3 is 4.52 Å². The van der Waals surface area contributed by atoms with E-state index < -0.39 is 0 Å². The molecule has 1 heterocycles. The third-order valence-electron chi connectivity index (χ3n) is 2.27. The number of aromatic nitrogens is 2. The van der Waals surface area contributed by atoms with E-state index in [2.05, 4.69) is 24.0 Å². The second-order valence-electron chi connectivity index (χ2n) is 4.44.